The number of rotatable bonds is 8. The Hall–Kier alpha value is -0.870. The highest BCUT2D eigenvalue weighted by Gasteiger charge is 2.25. The van der Waals surface area contributed by atoms with Crippen LogP contribution in [0.3, 0.4) is 0 Å². The number of ether oxygens (including phenoxy) is 1. The van der Waals surface area contributed by atoms with Gasteiger partial charge in [0.05, 0.1) is 6.61 Å². The molecule has 0 spiro atoms. The zero-order chi connectivity index (χ0) is 14.3. The van der Waals surface area contributed by atoms with Gasteiger partial charge in [0.1, 0.15) is 6.04 Å². The Bertz CT molecular complexity index is 374. The standard InChI is InChI=1S/C15H25NO2S/c1-5-8-12(14(17)18-6-2)16-11-15(3,4)13-9-7-10-19-13/h7,9-10,12,16H,5-6,8,11H2,1-4H3. The Kier molecular flexibility index (Phi) is 6.52. The molecule has 0 aliphatic rings. The van der Waals surface area contributed by atoms with E-state index in [-0.39, 0.29) is 17.4 Å². The average Bonchev–Trinajstić information content (AvgIpc) is 2.89. The van der Waals surface area contributed by atoms with Gasteiger partial charge in [-0.25, -0.2) is 0 Å². The lowest BCUT2D eigenvalue weighted by Gasteiger charge is -2.26. The Morgan fingerprint density at radius 1 is 1.47 bits per heavy atom. The summed E-state index contributed by atoms with van der Waals surface area (Å²) in [6.45, 7) is 9.53. The van der Waals surface area contributed by atoms with Crippen LogP contribution in [0.4, 0.5) is 0 Å². The maximum atomic E-state index is 11.9. The molecule has 1 unspecified atom stereocenters. The summed E-state index contributed by atoms with van der Waals surface area (Å²) < 4.78 is 5.11. The van der Waals surface area contributed by atoms with E-state index in [1.807, 2.05) is 6.92 Å². The molecule has 0 fully saturated rings. The number of nitrogens with one attached hydrogen (secondary N) is 1. The van der Waals surface area contributed by atoms with E-state index in [2.05, 4.69) is 43.6 Å². The molecule has 0 aliphatic heterocycles. The van der Waals surface area contributed by atoms with Crippen LogP contribution in [0.5, 0.6) is 0 Å². The Balaban J connectivity index is 2.58. The number of esters is 1. The van der Waals surface area contributed by atoms with E-state index < -0.39 is 0 Å². The van der Waals surface area contributed by atoms with Gasteiger partial charge >= 0.3 is 5.97 Å². The fourth-order valence-electron chi connectivity index (χ4n) is 1.96. The van der Waals surface area contributed by atoms with Crippen molar-refractivity contribution in [3.8, 4) is 0 Å². The minimum Gasteiger partial charge on any atom is -0.465 e. The third-order valence-corrected chi connectivity index (χ3v) is 4.36. The van der Waals surface area contributed by atoms with Gasteiger partial charge in [-0.15, -0.1) is 11.3 Å². The van der Waals surface area contributed by atoms with Crippen LogP contribution >= 0.6 is 11.3 Å². The average molecular weight is 283 g/mol. The molecule has 1 N–H and O–H groups in total. The number of hydrogen-bond donors (Lipinski definition) is 1. The van der Waals surface area contributed by atoms with Crippen molar-refractivity contribution in [2.75, 3.05) is 13.2 Å². The first-order valence-corrected chi connectivity index (χ1v) is 7.83. The summed E-state index contributed by atoms with van der Waals surface area (Å²) in [6.07, 6.45) is 1.79. The largest absolute Gasteiger partial charge is 0.465 e. The number of carbonyl (C=O) groups excluding carboxylic acids is 1. The van der Waals surface area contributed by atoms with Crippen LogP contribution in [-0.2, 0) is 14.9 Å². The van der Waals surface area contributed by atoms with Crippen LogP contribution in [0.15, 0.2) is 17.5 Å². The molecule has 0 aromatic carbocycles. The molecule has 0 aliphatic carbocycles. The molecule has 0 saturated carbocycles. The van der Waals surface area contributed by atoms with E-state index in [0.717, 1.165) is 19.4 Å². The second-order valence-electron chi connectivity index (χ2n) is 5.34. The molecule has 1 aromatic rings. The van der Waals surface area contributed by atoms with Crippen molar-refractivity contribution >= 4 is 17.3 Å². The lowest BCUT2D eigenvalue weighted by Crippen LogP contribution is -2.43. The molecule has 0 bridgehead atoms. The number of hydrogen-bond acceptors (Lipinski definition) is 4. The second kappa shape index (κ2) is 7.65. The molecule has 1 aromatic heterocycles. The van der Waals surface area contributed by atoms with E-state index in [1.54, 1.807) is 11.3 Å². The lowest BCUT2D eigenvalue weighted by atomic mass is 9.91. The second-order valence-corrected chi connectivity index (χ2v) is 6.28. The third kappa shape index (κ3) is 4.96. The summed E-state index contributed by atoms with van der Waals surface area (Å²) in [7, 11) is 0. The van der Waals surface area contributed by atoms with E-state index in [1.165, 1.54) is 4.88 Å². The van der Waals surface area contributed by atoms with Gasteiger partial charge in [-0.3, -0.25) is 4.79 Å². The summed E-state index contributed by atoms with van der Waals surface area (Å²) in [6, 6.07) is 4.02. The van der Waals surface area contributed by atoms with E-state index in [9.17, 15) is 4.79 Å². The van der Waals surface area contributed by atoms with E-state index in [0.29, 0.717) is 6.61 Å². The van der Waals surface area contributed by atoms with Gasteiger partial charge in [-0.2, -0.15) is 0 Å². The SMILES string of the molecule is CCCC(NCC(C)(C)c1cccs1)C(=O)OCC. The van der Waals surface area contributed by atoms with Gasteiger partial charge in [0.15, 0.2) is 0 Å². The van der Waals surface area contributed by atoms with Gasteiger partial charge < -0.3 is 10.1 Å². The monoisotopic (exact) mass is 283 g/mol. The molecule has 0 radical (unpaired) electrons. The van der Waals surface area contributed by atoms with Crippen molar-refractivity contribution in [3.63, 3.8) is 0 Å². The summed E-state index contributed by atoms with van der Waals surface area (Å²) in [5, 5.41) is 5.46. The van der Waals surface area contributed by atoms with Crippen LogP contribution in [0.25, 0.3) is 0 Å². The fourth-order valence-corrected chi connectivity index (χ4v) is 2.82. The van der Waals surface area contributed by atoms with Crippen LogP contribution in [0.2, 0.25) is 0 Å². The molecule has 0 amide bonds. The van der Waals surface area contributed by atoms with Crippen molar-refractivity contribution < 1.29 is 9.53 Å². The molecule has 3 nitrogen and oxygen atoms in total. The molecule has 1 heterocycles. The van der Waals surface area contributed by atoms with Gasteiger partial charge in [0, 0.05) is 16.8 Å². The van der Waals surface area contributed by atoms with Gasteiger partial charge in [0.25, 0.3) is 0 Å². The van der Waals surface area contributed by atoms with Gasteiger partial charge in [-0.05, 0) is 24.8 Å². The highest BCUT2D eigenvalue weighted by atomic mass is 32.1. The zero-order valence-corrected chi connectivity index (χ0v) is 13.2. The van der Waals surface area contributed by atoms with Crippen LogP contribution in [-0.4, -0.2) is 25.2 Å². The van der Waals surface area contributed by atoms with Crippen molar-refractivity contribution in [3.05, 3.63) is 22.4 Å². The highest BCUT2D eigenvalue weighted by Crippen LogP contribution is 2.26. The smallest absolute Gasteiger partial charge is 0.323 e. The van der Waals surface area contributed by atoms with Crippen molar-refractivity contribution in [1.82, 2.24) is 5.32 Å². The van der Waals surface area contributed by atoms with Crippen LogP contribution < -0.4 is 5.32 Å². The first-order chi connectivity index (χ1) is 9.01. The fraction of sp³-hybridized carbons (Fsp3) is 0.667. The molecule has 0 saturated heterocycles. The molecule has 108 valence electrons. The zero-order valence-electron chi connectivity index (χ0n) is 12.4. The van der Waals surface area contributed by atoms with Crippen molar-refractivity contribution in [2.24, 2.45) is 0 Å². The summed E-state index contributed by atoms with van der Waals surface area (Å²) in [5.74, 6) is -0.133. The topological polar surface area (TPSA) is 38.3 Å². The number of carbonyl (C=O) groups is 1. The van der Waals surface area contributed by atoms with E-state index >= 15 is 0 Å². The van der Waals surface area contributed by atoms with Crippen molar-refractivity contribution in [2.45, 2.75) is 52.0 Å². The Labute approximate surface area is 120 Å². The minimum atomic E-state index is -0.191. The molecule has 1 rings (SSSR count). The predicted molar refractivity (Wildman–Crippen MR) is 80.7 cm³/mol. The highest BCUT2D eigenvalue weighted by molar-refractivity contribution is 7.10. The van der Waals surface area contributed by atoms with Crippen LogP contribution in [0.1, 0.15) is 45.4 Å². The molecule has 1 atom stereocenters. The van der Waals surface area contributed by atoms with Crippen molar-refractivity contribution in [1.29, 1.82) is 0 Å². The minimum absolute atomic E-state index is 0.0344. The van der Waals surface area contributed by atoms with Gasteiger partial charge in [0.2, 0.25) is 0 Å². The van der Waals surface area contributed by atoms with Gasteiger partial charge in [-0.1, -0.05) is 33.3 Å². The normalized spacial score (nSPS) is 13.3. The first-order valence-electron chi connectivity index (χ1n) is 6.95. The van der Waals surface area contributed by atoms with Crippen LogP contribution in [0, 0.1) is 0 Å². The summed E-state index contributed by atoms with van der Waals surface area (Å²) >= 11 is 1.76. The lowest BCUT2D eigenvalue weighted by molar-refractivity contribution is -0.145. The molecule has 19 heavy (non-hydrogen) atoms. The third-order valence-electron chi connectivity index (χ3n) is 3.13. The Morgan fingerprint density at radius 3 is 2.74 bits per heavy atom. The first kappa shape index (κ1) is 16.2. The summed E-state index contributed by atoms with van der Waals surface area (Å²) in [4.78, 5) is 13.2. The van der Waals surface area contributed by atoms with E-state index in [4.69, 9.17) is 4.74 Å². The quantitative estimate of drug-likeness (QED) is 0.744. The summed E-state index contributed by atoms with van der Waals surface area (Å²) in [5.41, 5.74) is 0.0344. The maximum absolute atomic E-state index is 11.9. The predicted octanol–water partition coefficient (Wildman–Crippen LogP) is 3.35. The maximum Gasteiger partial charge on any atom is 0.323 e. The number of thiophene rings is 1. The molecular weight excluding hydrogens is 258 g/mol. The molecule has 4 heteroatoms. The molecular formula is C15H25NO2S. The Morgan fingerprint density at radius 2 is 2.21 bits per heavy atom.